The van der Waals surface area contributed by atoms with Crippen molar-refractivity contribution in [3.05, 3.63) is 35.4 Å². The van der Waals surface area contributed by atoms with Crippen LogP contribution in [0.1, 0.15) is 15.9 Å². The molecule has 0 spiro atoms. The summed E-state index contributed by atoms with van der Waals surface area (Å²) >= 11 is 0. The first kappa shape index (κ1) is 13.0. The van der Waals surface area contributed by atoms with Crippen LogP contribution in [-0.4, -0.2) is 36.2 Å². The fourth-order valence-corrected chi connectivity index (χ4v) is 1.11. The molecule has 90 valence electrons. The second-order valence-electron chi connectivity index (χ2n) is 3.25. The molecule has 0 amide bonds. The van der Waals surface area contributed by atoms with Crippen LogP contribution >= 0.6 is 0 Å². The molecule has 0 heterocycles. The van der Waals surface area contributed by atoms with Gasteiger partial charge in [0.25, 0.3) is 0 Å². The number of carbonyl (C=O) groups is 2. The molecule has 0 aliphatic heterocycles. The van der Waals surface area contributed by atoms with E-state index in [1.807, 2.05) is 0 Å². The molecule has 1 unspecified atom stereocenters. The molecule has 3 N–H and O–H groups in total. The number of rotatable bonds is 6. The van der Waals surface area contributed by atoms with Crippen molar-refractivity contribution in [1.29, 1.82) is 0 Å². The van der Waals surface area contributed by atoms with Gasteiger partial charge in [0, 0.05) is 11.8 Å². The number of aliphatic imine (C=N–C) groups is 1. The first-order valence-electron chi connectivity index (χ1n) is 4.80. The van der Waals surface area contributed by atoms with Crippen LogP contribution in [0, 0.1) is 0 Å². The third kappa shape index (κ3) is 4.13. The van der Waals surface area contributed by atoms with E-state index in [1.165, 1.54) is 6.21 Å². The summed E-state index contributed by atoms with van der Waals surface area (Å²) in [6.45, 7) is -0.196. The van der Waals surface area contributed by atoms with Crippen LogP contribution in [0.2, 0.25) is 0 Å². The second-order valence-corrected chi connectivity index (χ2v) is 3.25. The Morgan fingerprint density at radius 3 is 2.47 bits per heavy atom. The third-order valence-corrected chi connectivity index (χ3v) is 2.02. The molecule has 0 aromatic heterocycles. The van der Waals surface area contributed by atoms with Crippen molar-refractivity contribution in [1.82, 2.24) is 0 Å². The Morgan fingerprint density at radius 2 is 2.00 bits per heavy atom. The second kappa shape index (κ2) is 6.51. The van der Waals surface area contributed by atoms with E-state index >= 15 is 0 Å². The zero-order valence-electron chi connectivity index (χ0n) is 8.95. The SMILES string of the molecule is NOCC(N=Cc1ccc(C=O)cc1)C(=O)O. The van der Waals surface area contributed by atoms with Crippen LogP contribution in [0.4, 0.5) is 0 Å². The summed E-state index contributed by atoms with van der Waals surface area (Å²) in [5.41, 5.74) is 1.24. The molecule has 1 atom stereocenters. The molecule has 0 aliphatic carbocycles. The quantitative estimate of drug-likeness (QED) is 0.419. The van der Waals surface area contributed by atoms with E-state index in [9.17, 15) is 9.59 Å². The lowest BCUT2D eigenvalue weighted by Crippen LogP contribution is -2.25. The Kier molecular flexibility index (Phi) is 4.99. The summed E-state index contributed by atoms with van der Waals surface area (Å²) in [7, 11) is 0. The number of benzene rings is 1. The van der Waals surface area contributed by atoms with E-state index in [0.29, 0.717) is 11.1 Å². The van der Waals surface area contributed by atoms with Gasteiger partial charge in [0.1, 0.15) is 12.9 Å². The summed E-state index contributed by atoms with van der Waals surface area (Å²) in [6, 6.07) is 5.52. The zero-order valence-corrected chi connectivity index (χ0v) is 8.95. The Labute approximate surface area is 97.7 Å². The number of carboxylic acid groups (broad SMARTS) is 1. The first-order chi connectivity index (χ1) is 8.17. The molecule has 0 fully saturated rings. The molecule has 1 aromatic rings. The molecule has 1 aromatic carbocycles. The molecule has 6 nitrogen and oxygen atoms in total. The van der Waals surface area contributed by atoms with Gasteiger partial charge in [0.15, 0.2) is 6.04 Å². The summed E-state index contributed by atoms with van der Waals surface area (Å²) in [5, 5.41) is 8.77. The van der Waals surface area contributed by atoms with Crippen molar-refractivity contribution in [3.63, 3.8) is 0 Å². The zero-order chi connectivity index (χ0) is 12.7. The minimum absolute atomic E-state index is 0.196. The van der Waals surface area contributed by atoms with Gasteiger partial charge >= 0.3 is 5.97 Å². The van der Waals surface area contributed by atoms with Gasteiger partial charge in [-0.3, -0.25) is 9.79 Å². The molecule has 0 saturated heterocycles. The molecular formula is C11H12N2O4. The van der Waals surface area contributed by atoms with Crippen molar-refractivity contribution in [3.8, 4) is 0 Å². The van der Waals surface area contributed by atoms with Gasteiger partial charge in [-0.2, -0.15) is 0 Å². The number of aliphatic carboxylic acids is 1. The van der Waals surface area contributed by atoms with E-state index in [4.69, 9.17) is 11.0 Å². The Bertz CT molecular complexity index is 414. The lowest BCUT2D eigenvalue weighted by atomic mass is 10.2. The Morgan fingerprint density at radius 1 is 1.41 bits per heavy atom. The monoisotopic (exact) mass is 236 g/mol. The van der Waals surface area contributed by atoms with Crippen LogP contribution in [-0.2, 0) is 9.63 Å². The van der Waals surface area contributed by atoms with Crippen LogP contribution in [0.3, 0.4) is 0 Å². The number of carbonyl (C=O) groups excluding carboxylic acids is 1. The van der Waals surface area contributed by atoms with Gasteiger partial charge in [0.05, 0.1) is 0 Å². The maximum Gasteiger partial charge on any atom is 0.330 e. The maximum atomic E-state index is 10.7. The first-order valence-corrected chi connectivity index (χ1v) is 4.80. The third-order valence-electron chi connectivity index (χ3n) is 2.02. The number of hydrogen-bond acceptors (Lipinski definition) is 5. The molecule has 17 heavy (non-hydrogen) atoms. The van der Waals surface area contributed by atoms with Crippen molar-refractivity contribution < 1.29 is 19.5 Å². The summed E-state index contributed by atoms with van der Waals surface area (Å²) in [4.78, 5) is 29.2. The lowest BCUT2D eigenvalue weighted by molar-refractivity contribution is -0.139. The number of carboxylic acids is 1. The van der Waals surface area contributed by atoms with Gasteiger partial charge in [-0.05, 0) is 5.56 Å². The molecule has 0 radical (unpaired) electrons. The minimum atomic E-state index is -1.11. The highest BCUT2D eigenvalue weighted by molar-refractivity contribution is 5.84. The molecule has 0 saturated carbocycles. The van der Waals surface area contributed by atoms with Crippen molar-refractivity contribution >= 4 is 18.5 Å². The highest BCUT2D eigenvalue weighted by Crippen LogP contribution is 2.01. The number of nitrogens with two attached hydrogens (primary N) is 1. The molecule has 0 bridgehead atoms. The van der Waals surface area contributed by atoms with Crippen molar-refractivity contribution in [2.75, 3.05) is 6.61 Å². The van der Waals surface area contributed by atoms with E-state index in [2.05, 4.69) is 9.83 Å². The maximum absolute atomic E-state index is 10.7. The number of hydrogen-bond donors (Lipinski definition) is 2. The average Bonchev–Trinajstić information content (AvgIpc) is 2.34. The van der Waals surface area contributed by atoms with Gasteiger partial charge in [-0.1, -0.05) is 24.3 Å². The van der Waals surface area contributed by atoms with E-state index in [0.717, 1.165) is 6.29 Å². The van der Waals surface area contributed by atoms with Crippen LogP contribution in [0.5, 0.6) is 0 Å². The van der Waals surface area contributed by atoms with Gasteiger partial charge in [-0.15, -0.1) is 0 Å². The highest BCUT2D eigenvalue weighted by atomic mass is 16.6. The van der Waals surface area contributed by atoms with Crippen LogP contribution in [0.15, 0.2) is 29.3 Å². The van der Waals surface area contributed by atoms with Crippen LogP contribution < -0.4 is 5.90 Å². The predicted octanol–water partition coefficient (Wildman–Crippen LogP) is 0.262. The number of aldehydes is 1. The summed E-state index contributed by atoms with van der Waals surface area (Å²) < 4.78 is 0. The van der Waals surface area contributed by atoms with Gasteiger partial charge < -0.3 is 9.94 Å². The largest absolute Gasteiger partial charge is 0.480 e. The average molecular weight is 236 g/mol. The Balaban J connectivity index is 2.73. The fourth-order valence-electron chi connectivity index (χ4n) is 1.11. The number of nitrogens with zero attached hydrogens (tertiary/aromatic N) is 1. The van der Waals surface area contributed by atoms with Gasteiger partial charge in [-0.25, -0.2) is 10.7 Å². The summed E-state index contributed by atoms with van der Waals surface area (Å²) in [5.74, 6) is 3.68. The van der Waals surface area contributed by atoms with E-state index < -0.39 is 12.0 Å². The molecule has 6 heteroatoms. The van der Waals surface area contributed by atoms with Gasteiger partial charge in [0.2, 0.25) is 0 Å². The Hall–Kier alpha value is -2.05. The fraction of sp³-hybridized carbons (Fsp3) is 0.182. The van der Waals surface area contributed by atoms with E-state index in [-0.39, 0.29) is 6.61 Å². The summed E-state index contributed by atoms with van der Waals surface area (Å²) in [6.07, 6.45) is 2.12. The van der Waals surface area contributed by atoms with Crippen molar-refractivity contribution in [2.24, 2.45) is 10.9 Å². The topological polar surface area (TPSA) is 102 Å². The molecule has 0 aliphatic rings. The lowest BCUT2D eigenvalue weighted by Gasteiger charge is -2.04. The highest BCUT2D eigenvalue weighted by Gasteiger charge is 2.14. The molecular weight excluding hydrogens is 224 g/mol. The molecule has 1 rings (SSSR count). The predicted molar refractivity (Wildman–Crippen MR) is 61.0 cm³/mol. The van der Waals surface area contributed by atoms with Crippen molar-refractivity contribution in [2.45, 2.75) is 6.04 Å². The normalized spacial score (nSPS) is 12.5. The smallest absolute Gasteiger partial charge is 0.330 e. The van der Waals surface area contributed by atoms with E-state index in [1.54, 1.807) is 24.3 Å². The standard InChI is InChI=1S/C11H12N2O4/c12-17-7-10(11(15)16)13-5-8-1-3-9(6-14)4-2-8/h1-6,10H,7,12H2,(H,15,16). The van der Waals surface area contributed by atoms with Crippen LogP contribution in [0.25, 0.3) is 0 Å². The minimum Gasteiger partial charge on any atom is -0.480 e.